The van der Waals surface area contributed by atoms with E-state index in [2.05, 4.69) is 10.4 Å². The first-order chi connectivity index (χ1) is 13.0. The van der Waals surface area contributed by atoms with Gasteiger partial charge in [-0.1, -0.05) is 42.5 Å². The van der Waals surface area contributed by atoms with Gasteiger partial charge < -0.3 is 15.5 Å². The second-order valence-electron chi connectivity index (χ2n) is 6.71. The molecule has 0 radical (unpaired) electrons. The number of aliphatic hydroxyl groups excluding tert-OH is 1. The van der Waals surface area contributed by atoms with Crippen molar-refractivity contribution in [2.45, 2.75) is 31.0 Å². The minimum Gasteiger partial charge on any atom is -0.480 e. The third-order valence-corrected chi connectivity index (χ3v) is 4.97. The van der Waals surface area contributed by atoms with E-state index in [1.54, 1.807) is 24.3 Å². The molecule has 27 heavy (non-hydrogen) atoms. The molecule has 0 saturated heterocycles. The molecule has 7 nitrogen and oxygen atoms in total. The van der Waals surface area contributed by atoms with Crippen LogP contribution in [0.25, 0.3) is 0 Å². The molecule has 1 aliphatic carbocycles. The molecule has 2 aliphatic rings. The van der Waals surface area contributed by atoms with E-state index in [9.17, 15) is 19.8 Å². The van der Waals surface area contributed by atoms with E-state index in [4.69, 9.17) is 0 Å². The number of aliphatic carboxylic acids is 1. The Morgan fingerprint density at radius 2 is 1.74 bits per heavy atom. The maximum atomic E-state index is 12.7. The van der Waals surface area contributed by atoms with Crippen LogP contribution in [0.5, 0.6) is 0 Å². The SMILES string of the molecule is O=C(N[C@@H]1c2ccccc2C[C@@H]1O)C1=NN(c2ccccc2)C(C(=O)O)C1. The van der Waals surface area contributed by atoms with E-state index in [1.165, 1.54) is 5.01 Å². The van der Waals surface area contributed by atoms with E-state index in [0.29, 0.717) is 12.1 Å². The molecule has 138 valence electrons. The highest BCUT2D eigenvalue weighted by atomic mass is 16.4. The summed E-state index contributed by atoms with van der Waals surface area (Å²) >= 11 is 0. The average Bonchev–Trinajstić information content (AvgIpc) is 3.25. The number of nitrogens with one attached hydrogen (secondary N) is 1. The van der Waals surface area contributed by atoms with Crippen molar-refractivity contribution in [2.75, 3.05) is 5.01 Å². The quantitative estimate of drug-likeness (QED) is 0.762. The number of hydrogen-bond donors (Lipinski definition) is 3. The molecule has 0 saturated carbocycles. The smallest absolute Gasteiger partial charge is 0.328 e. The number of rotatable bonds is 4. The molecule has 0 fully saturated rings. The van der Waals surface area contributed by atoms with E-state index in [-0.39, 0.29) is 12.1 Å². The lowest BCUT2D eigenvalue weighted by Gasteiger charge is -2.19. The van der Waals surface area contributed by atoms with Gasteiger partial charge in [0.25, 0.3) is 5.91 Å². The summed E-state index contributed by atoms with van der Waals surface area (Å²) in [6.07, 6.45) is -0.240. The van der Waals surface area contributed by atoms with Gasteiger partial charge in [-0.25, -0.2) is 4.79 Å². The third-order valence-electron chi connectivity index (χ3n) is 4.97. The summed E-state index contributed by atoms with van der Waals surface area (Å²) in [5.74, 6) is -1.50. The zero-order valence-electron chi connectivity index (χ0n) is 14.4. The van der Waals surface area contributed by atoms with Crippen molar-refractivity contribution >= 4 is 23.3 Å². The summed E-state index contributed by atoms with van der Waals surface area (Å²) < 4.78 is 0. The fourth-order valence-electron chi connectivity index (χ4n) is 3.63. The number of benzene rings is 2. The summed E-state index contributed by atoms with van der Waals surface area (Å²) in [6, 6.07) is 15.0. The number of anilines is 1. The normalized spacial score (nSPS) is 23.7. The number of hydrogen-bond acceptors (Lipinski definition) is 5. The van der Waals surface area contributed by atoms with Gasteiger partial charge in [0, 0.05) is 12.8 Å². The average molecular weight is 365 g/mol. The van der Waals surface area contributed by atoms with Crippen molar-refractivity contribution < 1.29 is 19.8 Å². The van der Waals surface area contributed by atoms with Gasteiger partial charge in [-0.2, -0.15) is 5.10 Å². The molecule has 4 rings (SSSR count). The molecule has 1 unspecified atom stereocenters. The largest absolute Gasteiger partial charge is 0.480 e. The molecule has 0 bridgehead atoms. The molecule has 2 aromatic rings. The first kappa shape index (κ1) is 17.2. The highest BCUT2D eigenvalue weighted by molar-refractivity contribution is 6.40. The number of carbonyl (C=O) groups is 2. The lowest BCUT2D eigenvalue weighted by Crippen LogP contribution is -2.38. The molecular weight excluding hydrogens is 346 g/mol. The number of carboxylic acid groups (broad SMARTS) is 1. The van der Waals surface area contributed by atoms with E-state index < -0.39 is 30.1 Å². The van der Waals surface area contributed by atoms with Gasteiger partial charge in [0.15, 0.2) is 6.04 Å². The predicted molar refractivity (Wildman–Crippen MR) is 99.4 cm³/mol. The molecule has 3 N–H and O–H groups in total. The Balaban J connectivity index is 1.56. The van der Waals surface area contributed by atoms with Crippen LogP contribution in [-0.2, 0) is 16.0 Å². The van der Waals surface area contributed by atoms with Crippen LogP contribution in [0.2, 0.25) is 0 Å². The van der Waals surface area contributed by atoms with E-state index in [0.717, 1.165) is 11.1 Å². The summed E-state index contributed by atoms with van der Waals surface area (Å²) in [5, 5.41) is 28.3. The highest BCUT2D eigenvalue weighted by Gasteiger charge is 2.38. The monoisotopic (exact) mass is 365 g/mol. The number of aliphatic hydroxyl groups is 1. The van der Waals surface area contributed by atoms with Gasteiger partial charge in [0.1, 0.15) is 5.71 Å². The van der Waals surface area contributed by atoms with Crippen molar-refractivity contribution in [1.29, 1.82) is 0 Å². The summed E-state index contributed by atoms with van der Waals surface area (Å²) in [5.41, 5.74) is 2.63. The summed E-state index contributed by atoms with van der Waals surface area (Å²) in [6.45, 7) is 0. The molecule has 2 aromatic carbocycles. The van der Waals surface area contributed by atoms with Crippen molar-refractivity contribution in [2.24, 2.45) is 5.10 Å². The van der Waals surface area contributed by atoms with Crippen LogP contribution in [0, 0.1) is 0 Å². The van der Waals surface area contributed by atoms with Gasteiger partial charge in [-0.3, -0.25) is 9.80 Å². The van der Waals surface area contributed by atoms with Crippen LogP contribution in [0.4, 0.5) is 5.69 Å². The second-order valence-corrected chi connectivity index (χ2v) is 6.71. The lowest BCUT2D eigenvalue weighted by molar-refractivity contribution is -0.138. The van der Waals surface area contributed by atoms with Crippen LogP contribution < -0.4 is 10.3 Å². The maximum Gasteiger partial charge on any atom is 0.328 e. The van der Waals surface area contributed by atoms with Crippen LogP contribution in [0.3, 0.4) is 0 Å². The number of carbonyl (C=O) groups excluding carboxylic acids is 1. The van der Waals surface area contributed by atoms with E-state index >= 15 is 0 Å². The Hall–Kier alpha value is -3.19. The molecule has 1 amide bonds. The first-order valence-electron chi connectivity index (χ1n) is 8.76. The maximum absolute atomic E-state index is 12.7. The standard InChI is InChI=1S/C20H19N3O4/c24-17-10-12-6-4-5-9-14(12)18(17)21-19(25)15-11-16(20(26)27)23(22-15)13-7-2-1-3-8-13/h1-9,16-18,24H,10-11H2,(H,21,25)(H,26,27)/t16?,17-,18+/m0/s1. The molecule has 0 aromatic heterocycles. The Morgan fingerprint density at radius 1 is 1.04 bits per heavy atom. The van der Waals surface area contributed by atoms with Crippen LogP contribution in [0.1, 0.15) is 23.6 Å². The lowest BCUT2D eigenvalue weighted by atomic mass is 10.1. The van der Waals surface area contributed by atoms with Crippen LogP contribution in [0.15, 0.2) is 59.7 Å². The Bertz CT molecular complexity index is 912. The molecular formula is C20H19N3O4. The molecule has 1 heterocycles. The Kier molecular flexibility index (Phi) is 4.37. The zero-order chi connectivity index (χ0) is 19.0. The summed E-state index contributed by atoms with van der Waals surface area (Å²) in [7, 11) is 0. The van der Waals surface area contributed by atoms with Crippen molar-refractivity contribution in [3.63, 3.8) is 0 Å². The van der Waals surface area contributed by atoms with Gasteiger partial charge in [-0.05, 0) is 23.3 Å². The number of carboxylic acids is 1. The molecule has 7 heteroatoms. The number of nitrogens with zero attached hydrogens (tertiary/aromatic N) is 2. The molecule has 0 spiro atoms. The van der Waals surface area contributed by atoms with E-state index in [1.807, 2.05) is 30.3 Å². The third kappa shape index (κ3) is 3.17. The molecule has 3 atom stereocenters. The Labute approximate surface area is 155 Å². The van der Waals surface area contributed by atoms with Gasteiger partial charge >= 0.3 is 5.97 Å². The van der Waals surface area contributed by atoms with Gasteiger partial charge in [0.2, 0.25) is 0 Å². The number of para-hydroxylation sites is 1. The highest BCUT2D eigenvalue weighted by Crippen LogP contribution is 2.32. The van der Waals surface area contributed by atoms with Crippen molar-refractivity contribution in [3.05, 3.63) is 65.7 Å². The first-order valence-corrected chi connectivity index (χ1v) is 8.76. The minimum absolute atomic E-state index is 0.000519. The van der Waals surface area contributed by atoms with Gasteiger partial charge in [0.05, 0.1) is 17.8 Å². The number of hydrazone groups is 1. The van der Waals surface area contributed by atoms with Crippen LogP contribution in [-0.4, -0.2) is 39.9 Å². The van der Waals surface area contributed by atoms with Gasteiger partial charge in [-0.15, -0.1) is 0 Å². The topological polar surface area (TPSA) is 102 Å². The zero-order valence-corrected chi connectivity index (χ0v) is 14.4. The number of fused-ring (bicyclic) bond motifs is 1. The Morgan fingerprint density at radius 3 is 2.48 bits per heavy atom. The summed E-state index contributed by atoms with van der Waals surface area (Å²) in [4.78, 5) is 24.4. The minimum atomic E-state index is -1.04. The fraction of sp³-hybridized carbons (Fsp3) is 0.250. The van der Waals surface area contributed by atoms with Crippen LogP contribution >= 0.6 is 0 Å². The predicted octanol–water partition coefficient (Wildman–Crippen LogP) is 1.48. The molecule has 1 aliphatic heterocycles. The fourth-order valence-corrected chi connectivity index (χ4v) is 3.63. The van der Waals surface area contributed by atoms with Crippen molar-refractivity contribution in [1.82, 2.24) is 5.32 Å². The van der Waals surface area contributed by atoms with Crippen molar-refractivity contribution in [3.8, 4) is 0 Å². The second kappa shape index (κ2) is 6.85. The number of amides is 1.